The van der Waals surface area contributed by atoms with Crippen molar-refractivity contribution in [2.24, 2.45) is 5.73 Å². The van der Waals surface area contributed by atoms with E-state index in [9.17, 15) is 4.79 Å². The van der Waals surface area contributed by atoms with Crippen molar-refractivity contribution in [1.82, 2.24) is 4.98 Å². The maximum atomic E-state index is 11.5. The molecule has 0 radical (unpaired) electrons. The van der Waals surface area contributed by atoms with Gasteiger partial charge in [-0.25, -0.2) is 0 Å². The van der Waals surface area contributed by atoms with Crippen molar-refractivity contribution in [1.29, 1.82) is 0 Å². The minimum absolute atomic E-state index is 0.316. The standard InChI is InChI=1S/C13H14Cl2N2O2/c1-2-19-13(18)10(16)3-7-6-17-11-5-8(14)4-9(15)12(7)11/h4-6,10,17H,2-3,16H2,1H3/t10-/m0/s1. The Kier molecular flexibility index (Phi) is 4.34. The van der Waals surface area contributed by atoms with E-state index in [-0.39, 0.29) is 0 Å². The molecule has 102 valence electrons. The molecule has 0 amide bonds. The first kappa shape index (κ1) is 14.2. The zero-order chi connectivity index (χ0) is 14.0. The molecule has 2 rings (SSSR count). The third-order valence-electron chi connectivity index (χ3n) is 2.81. The summed E-state index contributed by atoms with van der Waals surface area (Å²) in [7, 11) is 0. The number of benzene rings is 1. The Morgan fingerprint density at radius 3 is 2.89 bits per heavy atom. The SMILES string of the molecule is CCOC(=O)[C@@H](N)Cc1c[nH]c2cc(Cl)cc(Cl)c12. The van der Waals surface area contributed by atoms with E-state index in [0.29, 0.717) is 23.1 Å². The molecule has 0 unspecified atom stereocenters. The van der Waals surface area contributed by atoms with E-state index in [4.69, 9.17) is 33.7 Å². The van der Waals surface area contributed by atoms with Crippen LogP contribution in [0.5, 0.6) is 0 Å². The lowest BCUT2D eigenvalue weighted by atomic mass is 10.1. The maximum absolute atomic E-state index is 11.5. The monoisotopic (exact) mass is 300 g/mol. The van der Waals surface area contributed by atoms with Crippen LogP contribution in [0.3, 0.4) is 0 Å². The summed E-state index contributed by atoms with van der Waals surface area (Å²) < 4.78 is 4.89. The van der Waals surface area contributed by atoms with Gasteiger partial charge < -0.3 is 15.5 Å². The maximum Gasteiger partial charge on any atom is 0.323 e. The average molecular weight is 301 g/mol. The fourth-order valence-corrected chi connectivity index (χ4v) is 2.60. The van der Waals surface area contributed by atoms with Crippen molar-refractivity contribution in [3.8, 4) is 0 Å². The highest BCUT2D eigenvalue weighted by Crippen LogP contribution is 2.30. The number of hydrogen-bond acceptors (Lipinski definition) is 3. The van der Waals surface area contributed by atoms with E-state index in [1.165, 1.54) is 0 Å². The van der Waals surface area contributed by atoms with Gasteiger partial charge in [0.25, 0.3) is 0 Å². The van der Waals surface area contributed by atoms with Gasteiger partial charge in [-0.2, -0.15) is 0 Å². The highest BCUT2D eigenvalue weighted by atomic mass is 35.5. The van der Waals surface area contributed by atoms with Crippen LogP contribution in [0.2, 0.25) is 10.0 Å². The molecule has 0 saturated heterocycles. The van der Waals surface area contributed by atoms with Crippen LogP contribution in [0.25, 0.3) is 10.9 Å². The summed E-state index contributed by atoms with van der Waals surface area (Å²) in [6, 6.07) is 2.74. The van der Waals surface area contributed by atoms with Gasteiger partial charge in [0, 0.05) is 28.5 Å². The molecule has 0 aliphatic heterocycles. The summed E-state index contributed by atoms with van der Waals surface area (Å²) in [5.41, 5.74) is 7.50. The highest BCUT2D eigenvalue weighted by molar-refractivity contribution is 6.38. The Morgan fingerprint density at radius 1 is 1.47 bits per heavy atom. The summed E-state index contributed by atoms with van der Waals surface area (Å²) in [6.45, 7) is 2.06. The molecule has 0 saturated carbocycles. The predicted molar refractivity (Wildman–Crippen MR) is 76.6 cm³/mol. The van der Waals surface area contributed by atoms with Crippen molar-refractivity contribution in [3.05, 3.63) is 33.9 Å². The summed E-state index contributed by atoms with van der Waals surface area (Å²) in [5, 5.41) is 1.93. The summed E-state index contributed by atoms with van der Waals surface area (Å²) in [4.78, 5) is 14.6. The Bertz CT molecular complexity index is 610. The van der Waals surface area contributed by atoms with Crippen LogP contribution in [-0.4, -0.2) is 23.6 Å². The van der Waals surface area contributed by atoms with Crippen LogP contribution >= 0.6 is 23.2 Å². The molecular weight excluding hydrogens is 287 g/mol. The molecule has 0 aliphatic rings. The van der Waals surface area contributed by atoms with E-state index >= 15 is 0 Å². The van der Waals surface area contributed by atoms with Gasteiger partial charge in [0.1, 0.15) is 6.04 Å². The molecule has 1 atom stereocenters. The van der Waals surface area contributed by atoms with Gasteiger partial charge in [0.15, 0.2) is 0 Å². The van der Waals surface area contributed by atoms with Gasteiger partial charge in [-0.05, 0) is 24.6 Å². The van der Waals surface area contributed by atoms with Crippen LogP contribution in [0.4, 0.5) is 0 Å². The van der Waals surface area contributed by atoms with E-state index in [0.717, 1.165) is 16.5 Å². The largest absolute Gasteiger partial charge is 0.465 e. The van der Waals surface area contributed by atoms with Gasteiger partial charge in [0.2, 0.25) is 0 Å². The molecule has 1 aromatic heterocycles. The average Bonchev–Trinajstić information content (AvgIpc) is 2.72. The number of nitrogens with one attached hydrogen (secondary N) is 1. The number of nitrogens with two attached hydrogens (primary N) is 1. The zero-order valence-electron chi connectivity index (χ0n) is 10.4. The Morgan fingerprint density at radius 2 is 2.21 bits per heavy atom. The topological polar surface area (TPSA) is 68.1 Å². The third-order valence-corrected chi connectivity index (χ3v) is 3.32. The molecular formula is C13H14Cl2N2O2. The summed E-state index contributed by atoms with van der Waals surface area (Å²) >= 11 is 12.1. The van der Waals surface area contributed by atoms with Gasteiger partial charge in [0.05, 0.1) is 11.6 Å². The number of H-pyrrole nitrogens is 1. The fraction of sp³-hybridized carbons (Fsp3) is 0.308. The van der Waals surface area contributed by atoms with E-state index in [2.05, 4.69) is 4.98 Å². The van der Waals surface area contributed by atoms with Gasteiger partial charge in [-0.15, -0.1) is 0 Å². The number of rotatable bonds is 4. The van der Waals surface area contributed by atoms with Gasteiger partial charge in [-0.1, -0.05) is 23.2 Å². The van der Waals surface area contributed by atoms with Gasteiger partial charge in [-0.3, -0.25) is 4.79 Å². The van der Waals surface area contributed by atoms with E-state index < -0.39 is 12.0 Å². The number of aromatic amines is 1. The Hall–Kier alpha value is -1.23. The number of fused-ring (bicyclic) bond motifs is 1. The predicted octanol–water partition coefficient (Wildman–Crippen LogP) is 2.91. The summed E-state index contributed by atoms with van der Waals surface area (Å²) in [5.74, 6) is -0.415. The lowest BCUT2D eigenvalue weighted by molar-refractivity contribution is -0.144. The van der Waals surface area contributed by atoms with Crippen LogP contribution in [0.15, 0.2) is 18.3 Å². The molecule has 3 N–H and O–H groups in total. The molecule has 6 heteroatoms. The van der Waals surface area contributed by atoms with Crippen molar-refractivity contribution >= 4 is 40.1 Å². The molecule has 0 fully saturated rings. The Balaban J connectivity index is 2.29. The lowest BCUT2D eigenvalue weighted by Gasteiger charge is -2.10. The van der Waals surface area contributed by atoms with Crippen molar-refractivity contribution < 1.29 is 9.53 Å². The first-order valence-electron chi connectivity index (χ1n) is 5.90. The Labute approximate surface area is 120 Å². The number of carbonyl (C=O) groups is 1. The molecule has 1 heterocycles. The molecule has 1 aromatic carbocycles. The molecule has 2 aromatic rings. The fourth-order valence-electron chi connectivity index (χ4n) is 1.98. The first-order valence-corrected chi connectivity index (χ1v) is 6.65. The molecule has 0 spiro atoms. The van der Waals surface area contributed by atoms with Crippen LogP contribution < -0.4 is 5.73 Å². The molecule has 0 aliphatic carbocycles. The number of ether oxygens (including phenoxy) is 1. The minimum Gasteiger partial charge on any atom is -0.465 e. The smallest absolute Gasteiger partial charge is 0.323 e. The first-order chi connectivity index (χ1) is 9.02. The van der Waals surface area contributed by atoms with Crippen LogP contribution in [-0.2, 0) is 16.0 Å². The van der Waals surface area contributed by atoms with E-state index in [1.54, 1.807) is 25.3 Å². The van der Waals surface area contributed by atoms with Crippen molar-refractivity contribution in [2.75, 3.05) is 6.61 Å². The van der Waals surface area contributed by atoms with E-state index in [1.807, 2.05) is 0 Å². The lowest BCUT2D eigenvalue weighted by Crippen LogP contribution is -2.34. The molecule has 19 heavy (non-hydrogen) atoms. The second-order valence-electron chi connectivity index (χ2n) is 4.19. The third kappa shape index (κ3) is 3.03. The second-order valence-corrected chi connectivity index (χ2v) is 5.03. The highest BCUT2D eigenvalue weighted by Gasteiger charge is 2.18. The number of hydrogen-bond donors (Lipinski definition) is 2. The second kappa shape index (κ2) is 5.82. The normalized spacial score (nSPS) is 12.6. The van der Waals surface area contributed by atoms with Crippen LogP contribution in [0, 0.1) is 0 Å². The quantitative estimate of drug-likeness (QED) is 0.853. The molecule has 4 nitrogen and oxygen atoms in total. The van der Waals surface area contributed by atoms with Gasteiger partial charge >= 0.3 is 5.97 Å². The number of aromatic nitrogens is 1. The summed E-state index contributed by atoms with van der Waals surface area (Å²) in [6.07, 6.45) is 2.14. The number of halogens is 2. The number of carbonyl (C=O) groups excluding carboxylic acids is 1. The number of esters is 1. The van der Waals surface area contributed by atoms with Crippen molar-refractivity contribution in [3.63, 3.8) is 0 Å². The minimum atomic E-state index is -0.703. The molecule has 0 bridgehead atoms. The zero-order valence-corrected chi connectivity index (χ0v) is 11.9. The van der Waals surface area contributed by atoms with Crippen LogP contribution in [0.1, 0.15) is 12.5 Å². The van der Waals surface area contributed by atoms with Crippen molar-refractivity contribution in [2.45, 2.75) is 19.4 Å².